The van der Waals surface area contributed by atoms with E-state index in [2.05, 4.69) is 15.7 Å². The largest absolute Gasteiger partial charge is 0.383 e. The number of hydrogen-bond acceptors (Lipinski definition) is 5. The van der Waals surface area contributed by atoms with Gasteiger partial charge >= 0.3 is 0 Å². The molecule has 0 aliphatic carbocycles. The number of nitrogens with one attached hydrogen (secondary N) is 1. The van der Waals surface area contributed by atoms with Crippen LogP contribution >= 0.6 is 11.3 Å². The molecule has 1 N–H and O–H groups in total. The molecule has 1 aliphatic heterocycles. The molecule has 0 spiro atoms. The number of thiazole rings is 1. The van der Waals surface area contributed by atoms with E-state index < -0.39 is 0 Å². The van der Waals surface area contributed by atoms with E-state index in [0.717, 1.165) is 31.6 Å². The quantitative estimate of drug-likeness (QED) is 0.806. The van der Waals surface area contributed by atoms with Crippen molar-refractivity contribution in [2.24, 2.45) is 0 Å². The van der Waals surface area contributed by atoms with Crippen molar-refractivity contribution < 1.29 is 9.53 Å². The van der Waals surface area contributed by atoms with Crippen molar-refractivity contribution in [2.75, 3.05) is 39.9 Å². The van der Waals surface area contributed by atoms with Crippen molar-refractivity contribution in [2.45, 2.75) is 25.7 Å². The van der Waals surface area contributed by atoms with Crippen molar-refractivity contribution in [1.82, 2.24) is 15.2 Å². The van der Waals surface area contributed by atoms with Gasteiger partial charge in [-0.15, -0.1) is 11.3 Å². The van der Waals surface area contributed by atoms with E-state index in [4.69, 9.17) is 4.74 Å². The van der Waals surface area contributed by atoms with E-state index in [1.807, 2.05) is 11.8 Å². The monoisotopic (exact) mass is 297 g/mol. The molecule has 1 unspecified atom stereocenters. The molecule has 2 heterocycles. The van der Waals surface area contributed by atoms with Gasteiger partial charge in [-0.2, -0.15) is 0 Å². The lowest BCUT2D eigenvalue weighted by atomic mass is 9.98. The maximum absolute atomic E-state index is 12.1. The van der Waals surface area contributed by atoms with E-state index >= 15 is 0 Å². The summed E-state index contributed by atoms with van der Waals surface area (Å²) in [4.78, 5) is 18.7. The second-order valence-electron chi connectivity index (χ2n) is 5.18. The van der Waals surface area contributed by atoms with Gasteiger partial charge in [0.25, 0.3) is 0 Å². The van der Waals surface area contributed by atoms with Gasteiger partial charge in [-0.05, 0) is 19.8 Å². The average Bonchev–Trinajstić information content (AvgIpc) is 2.90. The second-order valence-corrected chi connectivity index (χ2v) is 6.07. The van der Waals surface area contributed by atoms with Crippen molar-refractivity contribution in [3.8, 4) is 0 Å². The van der Waals surface area contributed by atoms with E-state index in [-0.39, 0.29) is 5.91 Å². The number of aryl methyl sites for hydroxylation is 1. The average molecular weight is 297 g/mol. The van der Waals surface area contributed by atoms with E-state index in [1.165, 1.54) is 5.01 Å². The number of aromatic nitrogens is 1. The molecule has 1 aromatic rings. The number of likely N-dealkylation sites (tertiary alicyclic amines) is 1. The zero-order valence-corrected chi connectivity index (χ0v) is 13.0. The van der Waals surface area contributed by atoms with Gasteiger partial charge in [0.15, 0.2) is 0 Å². The number of hydrogen-bond donors (Lipinski definition) is 1. The number of piperidine rings is 1. The number of rotatable bonds is 6. The van der Waals surface area contributed by atoms with Gasteiger partial charge in [0.1, 0.15) is 0 Å². The molecule has 1 amide bonds. The molecule has 0 saturated carbocycles. The summed E-state index contributed by atoms with van der Waals surface area (Å²) in [7, 11) is 1.66. The summed E-state index contributed by atoms with van der Waals surface area (Å²) in [5.41, 5.74) is 1.08. The van der Waals surface area contributed by atoms with Crippen LogP contribution in [0, 0.1) is 6.92 Å². The Morgan fingerprint density at radius 2 is 2.50 bits per heavy atom. The first-order valence-corrected chi connectivity index (χ1v) is 7.98. The minimum absolute atomic E-state index is 0.180. The Morgan fingerprint density at radius 1 is 1.65 bits per heavy atom. The van der Waals surface area contributed by atoms with E-state index in [9.17, 15) is 4.79 Å². The third-order valence-electron chi connectivity index (χ3n) is 3.52. The molecule has 0 radical (unpaired) electrons. The Bertz CT molecular complexity index is 436. The number of nitrogens with zero attached hydrogens (tertiary/aromatic N) is 2. The van der Waals surface area contributed by atoms with Crippen molar-refractivity contribution in [3.63, 3.8) is 0 Å². The molecular formula is C14H23N3O2S. The molecule has 6 heteroatoms. The zero-order valence-electron chi connectivity index (χ0n) is 12.2. The van der Waals surface area contributed by atoms with Gasteiger partial charge in [-0.25, -0.2) is 4.98 Å². The van der Waals surface area contributed by atoms with Crippen LogP contribution in [0.15, 0.2) is 5.38 Å². The van der Waals surface area contributed by atoms with E-state index in [0.29, 0.717) is 25.6 Å². The fraction of sp³-hybridized carbons (Fsp3) is 0.714. The summed E-state index contributed by atoms with van der Waals surface area (Å²) in [5, 5.41) is 6.37. The van der Waals surface area contributed by atoms with Gasteiger partial charge in [-0.3, -0.25) is 4.79 Å². The molecule has 112 valence electrons. The number of methoxy groups -OCH3 is 1. The Balaban J connectivity index is 1.82. The summed E-state index contributed by atoms with van der Waals surface area (Å²) in [6, 6.07) is 0. The third kappa shape index (κ3) is 4.26. The third-order valence-corrected chi connectivity index (χ3v) is 4.64. The number of carbonyl (C=O) groups is 1. The van der Waals surface area contributed by atoms with Gasteiger partial charge in [0.05, 0.1) is 18.2 Å². The van der Waals surface area contributed by atoms with E-state index in [1.54, 1.807) is 18.4 Å². The van der Waals surface area contributed by atoms with Crippen LogP contribution in [0.4, 0.5) is 0 Å². The van der Waals surface area contributed by atoms with Crippen LogP contribution in [0.5, 0.6) is 0 Å². The standard InChI is InChI=1S/C14H23N3O2S/c1-11-10-20-14(16-11)12-4-3-6-17(9-12)13(18)8-15-5-7-19-2/h10,12,15H,3-9H2,1-2H3. The van der Waals surface area contributed by atoms with Gasteiger partial charge in [-0.1, -0.05) is 0 Å². The van der Waals surface area contributed by atoms with Crippen LogP contribution < -0.4 is 5.32 Å². The van der Waals surface area contributed by atoms with Crippen molar-refractivity contribution in [1.29, 1.82) is 0 Å². The van der Waals surface area contributed by atoms with Crippen molar-refractivity contribution >= 4 is 17.2 Å². The molecular weight excluding hydrogens is 274 g/mol. The van der Waals surface area contributed by atoms with Crippen LogP contribution in [-0.2, 0) is 9.53 Å². The van der Waals surface area contributed by atoms with Gasteiger partial charge in [0.2, 0.25) is 5.91 Å². The summed E-state index contributed by atoms with van der Waals surface area (Å²) < 4.78 is 4.95. The first-order chi connectivity index (χ1) is 9.70. The lowest BCUT2D eigenvalue weighted by Gasteiger charge is -2.32. The predicted octanol–water partition coefficient (Wildman–Crippen LogP) is 1.39. The molecule has 20 heavy (non-hydrogen) atoms. The topological polar surface area (TPSA) is 54.5 Å². The normalized spacial score (nSPS) is 19.3. The molecule has 1 saturated heterocycles. The lowest BCUT2D eigenvalue weighted by Crippen LogP contribution is -2.43. The zero-order chi connectivity index (χ0) is 14.4. The first kappa shape index (κ1) is 15.4. The fourth-order valence-corrected chi connectivity index (χ4v) is 3.37. The van der Waals surface area contributed by atoms with Crippen molar-refractivity contribution in [3.05, 3.63) is 16.1 Å². The highest BCUT2D eigenvalue weighted by Gasteiger charge is 2.26. The van der Waals surface area contributed by atoms with Crippen LogP contribution in [0.1, 0.15) is 29.5 Å². The highest BCUT2D eigenvalue weighted by Crippen LogP contribution is 2.29. The summed E-state index contributed by atoms with van der Waals surface area (Å²) >= 11 is 1.71. The molecule has 0 aromatic carbocycles. The van der Waals surface area contributed by atoms with Crippen LogP contribution in [0.3, 0.4) is 0 Å². The van der Waals surface area contributed by atoms with Gasteiger partial charge < -0.3 is 15.0 Å². The minimum atomic E-state index is 0.180. The SMILES string of the molecule is COCCNCC(=O)N1CCCC(c2nc(C)cs2)C1. The fourth-order valence-electron chi connectivity index (χ4n) is 2.45. The Labute approximate surface area is 124 Å². The molecule has 1 atom stereocenters. The number of amides is 1. The lowest BCUT2D eigenvalue weighted by molar-refractivity contribution is -0.131. The molecule has 2 rings (SSSR count). The highest BCUT2D eigenvalue weighted by atomic mass is 32.1. The smallest absolute Gasteiger partial charge is 0.236 e. The number of ether oxygens (including phenoxy) is 1. The van der Waals surface area contributed by atoms with Gasteiger partial charge in [0, 0.05) is 43.7 Å². The van der Waals surface area contributed by atoms with Crippen LogP contribution in [0.2, 0.25) is 0 Å². The van der Waals surface area contributed by atoms with Crippen LogP contribution in [0.25, 0.3) is 0 Å². The van der Waals surface area contributed by atoms with Crippen LogP contribution in [-0.4, -0.2) is 55.7 Å². The molecule has 1 aromatic heterocycles. The summed E-state index contributed by atoms with van der Waals surface area (Å²) in [6.07, 6.45) is 2.20. The summed E-state index contributed by atoms with van der Waals surface area (Å²) in [6.45, 7) is 5.43. The Hall–Kier alpha value is -0.980. The predicted molar refractivity (Wildman–Crippen MR) is 80.2 cm³/mol. The maximum atomic E-state index is 12.1. The Morgan fingerprint density at radius 3 is 3.20 bits per heavy atom. The maximum Gasteiger partial charge on any atom is 0.236 e. The second kappa shape index (κ2) is 7.71. The molecule has 5 nitrogen and oxygen atoms in total. The summed E-state index contributed by atoms with van der Waals surface area (Å²) in [5.74, 6) is 0.587. The minimum Gasteiger partial charge on any atom is -0.383 e. The number of carbonyl (C=O) groups excluding carboxylic acids is 1. The highest BCUT2D eigenvalue weighted by molar-refractivity contribution is 7.09. The molecule has 0 bridgehead atoms. The molecule has 1 aliphatic rings. The first-order valence-electron chi connectivity index (χ1n) is 7.10. The molecule has 1 fully saturated rings. The Kier molecular flexibility index (Phi) is 5.94.